The van der Waals surface area contributed by atoms with Gasteiger partial charge in [0.1, 0.15) is 0 Å². The highest BCUT2D eigenvalue weighted by Crippen LogP contribution is 2.38. The van der Waals surface area contributed by atoms with Gasteiger partial charge in [-0.05, 0) is 49.2 Å². The fourth-order valence-corrected chi connectivity index (χ4v) is 4.98. The Morgan fingerprint density at radius 1 is 0.865 bits per heavy atom. The molecular formula is C29H38N2O6. The van der Waals surface area contributed by atoms with E-state index in [2.05, 4.69) is 10.2 Å². The number of aliphatic carboxylic acids is 1. The van der Waals surface area contributed by atoms with E-state index in [1.165, 1.54) is 32.1 Å². The quantitative estimate of drug-likeness (QED) is 0.445. The van der Waals surface area contributed by atoms with Crippen LogP contribution in [-0.2, 0) is 25.7 Å². The Kier molecular flexibility index (Phi) is 10.1. The van der Waals surface area contributed by atoms with Gasteiger partial charge in [0.25, 0.3) is 0 Å². The van der Waals surface area contributed by atoms with Crippen molar-refractivity contribution >= 4 is 17.6 Å². The van der Waals surface area contributed by atoms with Gasteiger partial charge in [0.2, 0.25) is 5.91 Å². The third-order valence-corrected chi connectivity index (χ3v) is 7.06. The zero-order valence-electron chi connectivity index (χ0n) is 21.3. The molecule has 2 saturated heterocycles. The summed E-state index contributed by atoms with van der Waals surface area (Å²) in [6, 6.07) is 15.2. The van der Waals surface area contributed by atoms with Crippen molar-refractivity contribution in [3.8, 4) is 0 Å². The molecule has 3 N–H and O–H groups in total. The molecule has 2 aliphatic heterocycles. The Balaban J connectivity index is 1.46. The lowest BCUT2D eigenvalue weighted by Gasteiger charge is -2.38. The van der Waals surface area contributed by atoms with Crippen LogP contribution in [0.15, 0.2) is 48.5 Å². The second-order valence-corrected chi connectivity index (χ2v) is 9.98. The molecular weight excluding hydrogens is 472 g/mol. The number of nitrogens with zero attached hydrogens (tertiary/aromatic N) is 1. The normalized spacial score (nSPS) is 23.1. The van der Waals surface area contributed by atoms with E-state index in [4.69, 9.17) is 14.6 Å². The SMILES string of the molecule is O=C(O)CCC(=O)Nc1ccc([C@@H]2O[C@H](CN3CCCCCCC3)C[C@H](c3ccc(CO)cc3)O2)cc1. The minimum atomic E-state index is -0.997. The van der Waals surface area contributed by atoms with Gasteiger partial charge in [-0.1, -0.05) is 55.7 Å². The molecule has 0 saturated carbocycles. The average Bonchev–Trinajstić information content (AvgIpc) is 2.89. The predicted octanol–water partition coefficient (Wildman–Crippen LogP) is 4.79. The lowest BCUT2D eigenvalue weighted by atomic mass is 9.99. The first-order valence-corrected chi connectivity index (χ1v) is 13.3. The zero-order valence-corrected chi connectivity index (χ0v) is 21.3. The summed E-state index contributed by atoms with van der Waals surface area (Å²) in [6.07, 6.45) is 6.14. The molecule has 0 radical (unpaired) electrons. The van der Waals surface area contributed by atoms with Crippen molar-refractivity contribution in [2.45, 2.75) is 76.5 Å². The number of hydrogen-bond donors (Lipinski definition) is 3. The van der Waals surface area contributed by atoms with E-state index in [1.807, 2.05) is 36.4 Å². The summed E-state index contributed by atoms with van der Waals surface area (Å²) in [6.45, 7) is 3.06. The third-order valence-electron chi connectivity index (χ3n) is 7.06. The van der Waals surface area contributed by atoms with Gasteiger partial charge in [0, 0.05) is 30.6 Å². The summed E-state index contributed by atoms with van der Waals surface area (Å²) < 4.78 is 12.9. The minimum Gasteiger partial charge on any atom is -0.481 e. The third kappa shape index (κ3) is 8.36. The Bertz CT molecular complexity index is 1000. The molecule has 200 valence electrons. The van der Waals surface area contributed by atoms with Crippen LogP contribution in [0, 0.1) is 0 Å². The van der Waals surface area contributed by atoms with Crippen molar-refractivity contribution in [1.29, 1.82) is 0 Å². The highest BCUT2D eigenvalue weighted by Gasteiger charge is 2.33. The summed E-state index contributed by atoms with van der Waals surface area (Å²) in [7, 11) is 0. The van der Waals surface area contributed by atoms with Crippen LogP contribution in [-0.4, -0.2) is 52.7 Å². The number of carboxylic acids is 1. The van der Waals surface area contributed by atoms with Crippen LogP contribution >= 0.6 is 0 Å². The van der Waals surface area contributed by atoms with E-state index in [1.54, 1.807) is 12.1 Å². The molecule has 2 aliphatic rings. The van der Waals surface area contributed by atoms with Crippen LogP contribution in [0.5, 0.6) is 0 Å². The summed E-state index contributed by atoms with van der Waals surface area (Å²) in [5, 5.41) is 20.9. The van der Waals surface area contributed by atoms with E-state index < -0.39 is 12.3 Å². The topological polar surface area (TPSA) is 108 Å². The van der Waals surface area contributed by atoms with Crippen LogP contribution < -0.4 is 5.32 Å². The van der Waals surface area contributed by atoms with E-state index >= 15 is 0 Å². The molecule has 1 amide bonds. The van der Waals surface area contributed by atoms with Crippen molar-refractivity contribution in [2.24, 2.45) is 0 Å². The molecule has 8 heteroatoms. The summed E-state index contributed by atoms with van der Waals surface area (Å²) >= 11 is 0. The first-order valence-electron chi connectivity index (χ1n) is 13.3. The second kappa shape index (κ2) is 13.7. The van der Waals surface area contributed by atoms with E-state index in [0.717, 1.165) is 42.7 Å². The highest BCUT2D eigenvalue weighted by molar-refractivity contribution is 5.92. The number of carboxylic acid groups (broad SMARTS) is 1. The fourth-order valence-electron chi connectivity index (χ4n) is 4.98. The molecule has 2 aromatic rings. The van der Waals surface area contributed by atoms with E-state index in [9.17, 15) is 14.7 Å². The largest absolute Gasteiger partial charge is 0.481 e. The Morgan fingerprint density at radius 2 is 1.51 bits per heavy atom. The number of nitrogens with one attached hydrogen (secondary N) is 1. The molecule has 0 unspecified atom stereocenters. The van der Waals surface area contributed by atoms with Gasteiger partial charge in [0.15, 0.2) is 6.29 Å². The molecule has 2 fully saturated rings. The maximum absolute atomic E-state index is 12.0. The molecule has 37 heavy (non-hydrogen) atoms. The molecule has 8 nitrogen and oxygen atoms in total. The first kappa shape index (κ1) is 27.3. The van der Waals surface area contributed by atoms with Gasteiger partial charge in [-0.2, -0.15) is 0 Å². The Morgan fingerprint density at radius 3 is 2.16 bits per heavy atom. The average molecular weight is 511 g/mol. The lowest BCUT2D eigenvalue weighted by Crippen LogP contribution is -2.40. The van der Waals surface area contributed by atoms with Gasteiger partial charge < -0.3 is 29.9 Å². The monoisotopic (exact) mass is 510 g/mol. The number of amides is 1. The van der Waals surface area contributed by atoms with E-state index in [-0.39, 0.29) is 37.6 Å². The smallest absolute Gasteiger partial charge is 0.303 e. The van der Waals surface area contributed by atoms with Gasteiger partial charge >= 0.3 is 5.97 Å². The number of anilines is 1. The number of aliphatic hydroxyl groups is 1. The van der Waals surface area contributed by atoms with Crippen molar-refractivity contribution in [2.75, 3.05) is 25.0 Å². The fraction of sp³-hybridized carbons (Fsp3) is 0.517. The van der Waals surface area contributed by atoms with Gasteiger partial charge in [-0.15, -0.1) is 0 Å². The predicted molar refractivity (Wildman–Crippen MR) is 140 cm³/mol. The Hall–Kier alpha value is -2.78. The maximum Gasteiger partial charge on any atom is 0.303 e. The highest BCUT2D eigenvalue weighted by atomic mass is 16.7. The van der Waals surface area contributed by atoms with Crippen molar-refractivity contribution in [1.82, 2.24) is 4.90 Å². The van der Waals surface area contributed by atoms with E-state index in [0.29, 0.717) is 5.69 Å². The van der Waals surface area contributed by atoms with Crippen LogP contribution in [0.3, 0.4) is 0 Å². The molecule has 2 aromatic carbocycles. The Labute approximate surface area is 218 Å². The number of hydrogen-bond acceptors (Lipinski definition) is 6. The first-order chi connectivity index (χ1) is 18.0. The summed E-state index contributed by atoms with van der Waals surface area (Å²) in [5.41, 5.74) is 3.39. The van der Waals surface area contributed by atoms with Crippen LogP contribution in [0.4, 0.5) is 5.69 Å². The number of aliphatic hydroxyl groups excluding tert-OH is 1. The summed E-state index contributed by atoms with van der Waals surface area (Å²) in [5.74, 6) is -1.33. The number of benzene rings is 2. The van der Waals surface area contributed by atoms with Crippen molar-refractivity contribution in [3.05, 3.63) is 65.2 Å². The second-order valence-electron chi connectivity index (χ2n) is 9.98. The van der Waals surface area contributed by atoms with Crippen molar-refractivity contribution < 1.29 is 29.3 Å². The number of rotatable bonds is 9. The molecule has 0 aliphatic carbocycles. The number of carbonyl (C=O) groups is 2. The maximum atomic E-state index is 12.0. The number of likely N-dealkylation sites (tertiary alicyclic amines) is 1. The summed E-state index contributed by atoms with van der Waals surface area (Å²) in [4.78, 5) is 25.2. The molecule has 2 heterocycles. The van der Waals surface area contributed by atoms with Crippen LogP contribution in [0.2, 0.25) is 0 Å². The lowest BCUT2D eigenvalue weighted by molar-refractivity contribution is -0.253. The van der Waals surface area contributed by atoms with Gasteiger partial charge in [-0.25, -0.2) is 0 Å². The molecule has 0 spiro atoms. The minimum absolute atomic E-state index is 0.00825. The number of carbonyl (C=O) groups excluding carboxylic acids is 1. The standard InChI is InChI=1S/C29H38N2O6/c32-20-21-6-8-22(9-7-21)26-18-25(19-31-16-4-2-1-3-5-17-31)36-29(37-26)23-10-12-24(13-11-23)30-27(33)14-15-28(34)35/h6-13,25-26,29,32H,1-5,14-20H2,(H,30,33)(H,34,35)/t25-,26+,29+/m0/s1. The zero-order chi connectivity index (χ0) is 26.0. The molecule has 0 bridgehead atoms. The van der Waals surface area contributed by atoms with Crippen LogP contribution in [0.25, 0.3) is 0 Å². The molecule has 3 atom stereocenters. The molecule has 4 rings (SSSR count). The molecule has 0 aromatic heterocycles. The number of ether oxygens (including phenoxy) is 2. The van der Waals surface area contributed by atoms with Gasteiger partial charge in [-0.3, -0.25) is 9.59 Å². The van der Waals surface area contributed by atoms with Gasteiger partial charge in [0.05, 0.1) is 25.2 Å². The van der Waals surface area contributed by atoms with Crippen LogP contribution in [0.1, 0.15) is 80.5 Å². The van der Waals surface area contributed by atoms with Crippen molar-refractivity contribution in [3.63, 3.8) is 0 Å².